The molecule has 2 atom stereocenters. The molecule has 2 saturated carbocycles. The Balaban J connectivity index is 1.76. The van der Waals surface area contributed by atoms with Crippen LogP contribution >= 0.6 is 0 Å². The molecule has 116 valence electrons. The van der Waals surface area contributed by atoms with Gasteiger partial charge in [0.2, 0.25) is 0 Å². The highest BCUT2D eigenvalue weighted by atomic mass is 16.5. The molecule has 0 spiro atoms. The summed E-state index contributed by atoms with van der Waals surface area (Å²) in [6, 6.07) is 0.640. The molecule has 20 heavy (non-hydrogen) atoms. The summed E-state index contributed by atoms with van der Waals surface area (Å²) in [5.74, 6) is 1.72. The Morgan fingerprint density at radius 1 is 1.05 bits per heavy atom. The molecule has 0 aromatic heterocycles. The van der Waals surface area contributed by atoms with Crippen molar-refractivity contribution in [1.82, 2.24) is 5.32 Å². The van der Waals surface area contributed by atoms with E-state index in [4.69, 9.17) is 4.74 Å². The Morgan fingerprint density at radius 2 is 1.75 bits per heavy atom. The van der Waals surface area contributed by atoms with Gasteiger partial charge in [-0.1, -0.05) is 44.9 Å². The highest BCUT2D eigenvalue weighted by Crippen LogP contribution is 2.38. The van der Waals surface area contributed by atoms with Crippen molar-refractivity contribution in [2.75, 3.05) is 13.2 Å². The first-order chi connectivity index (χ1) is 9.81. The molecule has 2 aliphatic rings. The van der Waals surface area contributed by atoms with Gasteiger partial charge in [0.25, 0.3) is 0 Å². The fourth-order valence-electron chi connectivity index (χ4n) is 4.13. The lowest BCUT2D eigenvalue weighted by Gasteiger charge is -2.39. The van der Waals surface area contributed by atoms with Gasteiger partial charge in [-0.25, -0.2) is 0 Å². The third-order valence-electron chi connectivity index (χ3n) is 5.12. The van der Waals surface area contributed by atoms with Gasteiger partial charge >= 0.3 is 5.97 Å². The van der Waals surface area contributed by atoms with Gasteiger partial charge in [-0.05, 0) is 31.6 Å². The minimum Gasteiger partial charge on any atom is -0.466 e. The molecule has 2 aliphatic carbocycles. The van der Waals surface area contributed by atoms with Crippen LogP contribution in [-0.2, 0) is 9.53 Å². The summed E-state index contributed by atoms with van der Waals surface area (Å²) in [4.78, 5) is 11.4. The van der Waals surface area contributed by atoms with Gasteiger partial charge in [0.15, 0.2) is 0 Å². The van der Waals surface area contributed by atoms with Crippen LogP contribution in [0.25, 0.3) is 0 Å². The van der Waals surface area contributed by atoms with E-state index in [1.807, 2.05) is 6.92 Å². The van der Waals surface area contributed by atoms with Crippen LogP contribution < -0.4 is 5.32 Å². The van der Waals surface area contributed by atoms with E-state index in [-0.39, 0.29) is 5.97 Å². The predicted molar refractivity (Wildman–Crippen MR) is 81.6 cm³/mol. The first kappa shape index (κ1) is 15.8. The highest BCUT2D eigenvalue weighted by Gasteiger charge is 2.32. The average Bonchev–Trinajstić information content (AvgIpc) is 2.49. The van der Waals surface area contributed by atoms with Crippen LogP contribution in [0.15, 0.2) is 0 Å². The van der Waals surface area contributed by atoms with Gasteiger partial charge in [-0.3, -0.25) is 4.79 Å². The summed E-state index contributed by atoms with van der Waals surface area (Å²) in [6.07, 6.45) is 13.1. The molecule has 2 rings (SSSR count). The molecule has 0 heterocycles. The van der Waals surface area contributed by atoms with Crippen molar-refractivity contribution in [3.05, 3.63) is 0 Å². The smallest absolute Gasteiger partial charge is 0.307 e. The molecule has 0 aromatic rings. The number of carbonyl (C=O) groups excluding carboxylic acids is 1. The molecule has 0 amide bonds. The zero-order valence-corrected chi connectivity index (χ0v) is 13.0. The summed E-state index contributed by atoms with van der Waals surface area (Å²) in [6.45, 7) is 3.14. The quantitative estimate of drug-likeness (QED) is 0.755. The van der Waals surface area contributed by atoms with Gasteiger partial charge in [0.05, 0.1) is 13.0 Å². The van der Waals surface area contributed by atoms with Gasteiger partial charge in [-0.15, -0.1) is 0 Å². The molecular weight excluding hydrogens is 250 g/mol. The molecular formula is C17H31NO2. The lowest BCUT2D eigenvalue weighted by Crippen LogP contribution is -2.43. The van der Waals surface area contributed by atoms with Gasteiger partial charge in [-0.2, -0.15) is 0 Å². The second-order valence-corrected chi connectivity index (χ2v) is 6.46. The third kappa shape index (κ3) is 4.76. The molecule has 1 N–H and O–H groups in total. The van der Waals surface area contributed by atoms with E-state index in [0.29, 0.717) is 19.1 Å². The molecule has 2 fully saturated rings. The summed E-state index contributed by atoms with van der Waals surface area (Å²) in [5.41, 5.74) is 0. The van der Waals surface area contributed by atoms with Crippen LogP contribution in [0.4, 0.5) is 0 Å². The maximum atomic E-state index is 11.4. The molecule has 0 saturated heterocycles. The largest absolute Gasteiger partial charge is 0.466 e. The molecule has 3 heteroatoms. The van der Waals surface area contributed by atoms with E-state index >= 15 is 0 Å². The monoisotopic (exact) mass is 281 g/mol. The number of ether oxygens (including phenoxy) is 1. The third-order valence-corrected chi connectivity index (χ3v) is 5.12. The van der Waals surface area contributed by atoms with Crippen molar-refractivity contribution in [3.63, 3.8) is 0 Å². The Labute approximate surface area is 123 Å². The topological polar surface area (TPSA) is 38.3 Å². The lowest BCUT2D eigenvalue weighted by molar-refractivity contribution is -0.143. The Morgan fingerprint density at radius 3 is 2.50 bits per heavy atom. The van der Waals surface area contributed by atoms with E-state index in [0.717, 1.165) is 18.4 Å². The number of carbonyl (C=O) groups is 1. The molecule has 0 bridgehead atoms. The van der Waals surface area contributed by atoms with Gasteiger partial charge in [0, 0.05) is 12.6 Å². The van der Waals surface area contributed by atoms with Crippen LogP contribution in [0.3, 0.4) is 0 Å². The zero-order valence-electron chi connectivity index (χ0n) is 13.0. The standard InChI is InChI=1S/C17H31NO2/c1-2-20-17(19)12-13-18-16-11-7-6-10-15(16)14-8-4-3-5-9-14/h14-16,18H,2-13H2,1H3. The van der Waals surface area contributed by atoms with E-state index < -0.39 is 0 Å². The Bertz CT molecular complexity index is 287. The fourth-order valence-corrected chi connectivity index (χ4v) is 4.13. The summed E-state index contributed by atoms with van der Waals surface area (Å²) < 4.78 is 5.00. The zero-order chi connectivity index (χ0) is 14.2. The highest BCUT2D eigenvalue weighted by molar-refractivity contribution is 5.69. The van der Waals surface area contributed by atoms with Crippen molar-refractivity contribution in [3.8, 4) is 0 Å². The number of rotatable bonds is 6. The van der Waals surface area contributed by atoms with Crippen molar-refractivity contribution in [2.24, 2.45) is 11.8 Å². The summed E-state index contributed by atoms with van der Waals surface area (Å²) in [7, 11) is 0. The van der Waals surface area contributed by atoms with E-state index in [1.54, 1.807) is 0 Å². The molecule has 0 radical (unpaired) electrons. The maximum Gasteiger partial charge on any atom is 0.307 e. The number of nitrogens with one attached hydrogen (secondary N) is 1. The van der Waals surface area contributed by atoms with Crippen LogP contribution in [0.2, 0.25) is 0 Å². The van der Waals surface area contributed by atoms with Crippen molar-refractivity contribution in [2.45, 2.75) is 77.2 Å². The van der Waals surface area contributed by atoms with E-state index in [1.165, 1.54) is 57.8 Å². The molecule has 0 aromatic carbocycles. The Hall–Kier alpha value is -0.570. The average molecular weight is 281 g/mol. The SMILES string of the molecule is CCOC(=O)CCNC1CCCCC1C1CCCCC1. The minimum absolute atomic E-state index is 0.0648. The second kappa shape index (κ2) is 8.66. The number of esters is 1. The second-order valence-electron chi connectivity index (χ2n) is 6.46. The van der Waals surface area contributed by atoms with Crippen molar-refractivity contribution in [1.29, 1.82) is 0 Å². The Kier molecular flexibility index (Phi) is 6.85. The molecule has 0 aliphatic heterocycles. The van der Waals surface area contributed by atoms with E-state index in [2.05, 4.69) is 5.32 Å². The summed E-state index contributed by atoms with van der Waals surface area (Å²) >= 11 is 0. The number of hydrogen-bond acceptors (Lipinski definition) is 3. The molecule has 2 unspecified atom stereocenters. The minimum atomic E-state index is -0.0648. The first-order valence-electron chi connectivity index (χ1n) is 8.70. The lowest BCUT2D eigenvalue weighted by atomic mass is 9.71. The van der Waals surface area contributed by atoms with Crippen molar-refractivity contribution < 1.29 is 9.53 Å². The van der Waals surface area contributed by atoms with Crippen molar-refractivity contribution >= 4 is 5.97 Å². The van der Waals surface area contributed by atoms with Gasteiger partial charge in [0.1, 0.15) is 0 Å². The van der Waals surface area contributed by atoms with Crippen LogP contribution in [0.1, 0.15) is 71.1 Å². The van der Waals surface area contributed by atoms with E-state index in [9.17, 15) is 4.79 Å². The van der Waals surface area contributed by atoms with Crippen LogP contribution in [0, 0.1) is 11.8 Å². The summed E-state index contributed by atoms with van der Waals surface area (Å²) in [5, 5.41) is 3.66. The van der Waals surface area contributed by atoms with Gasteiger partial charge < -0.3 is 10.1 Å². The molecule has 3 nitrogen and oxygen atoms in total. The van der Waals surface area contributed by atoms with Crippen LogP contribution in [-0.4, -0.2) is 25.2 Å². The predicted octanol–water partition coefficient (Wildman–Crippen LogP) is 3.67. The first-order valence-corrected chi connectivity index (χ1v) is 8.70. The number of hydrogen-bond donors (Lipinski definition) is 1. The normalized spacial score (nSPS) is 28.2. The maximum absolute atomic E-state index is 11.4. The van der Waals surface area contributed by atoms with Crippen LogP contribution in [0.5, 0.6) is 0 Å². The fraction of sp³-hybridized carbons (Fsp3) is 0.941.